The molecule has 0 unspecified atom stereocenters. The molecule has 0 saturated carbocycles. The Kier molecular flexibility index (Phi) is 4.99. The lowest BCUT2D eigenvalue weighted by Gasteiger charge is -2.56. The molecule has 6 rings (SSSR count). The Hall–Kier alpha value is -3.93. The zero-order valence-corrected chi connectivity index (χ0v) is 19.6. The number of hydrogen-bond acceptors (Lipinski definition) is 4. The molecule has 3 aliphatic heterocycles. The van der Waals surface area contributed by atoms with Crippen molar-refractivity contribution in [2.75, 3.05) is 21.2 Å². The molecule has 3 aromatic carbocycles. The third kappa shape index (κ3) is 3.13. The van der Waals surface area contributed by atoms with Crippen LogP contribution in [0.3, 0.4) is 0 Å². The molecule has 4 amide bonds. The Morgan fingerprint density at radius 1 is 0.743 bits per heavy atom. The van der Waals surface area contributed by atoms with Crippen LogP contribution in [-0.4, -0.2) is 30.4 Å². The third-order valence-corrected chi connectivity index (χ3v) is 7.78. The van der Waals surface area contributed by atoms with Gasteiger partial charge in [0, 0.05) is 12.2 Å². The van der Waals surface area contributed by atoms with Gasteiger partial charge in [-0.3, -0.25) is 9.59 Å². The number of anilines is 3. The molecule has 1 spiro atoms. The highest BCUT2D eigenvalue weighted by atomic mass is 16.2. The summed E-state index contributed by atoms with van der Waals surface area (Å²) < 4.78 is 0. The maximum absolute atomic E-state index is 14.5. The molecule has 0 radical (unpaired) electrons. The van der Waals surface area contributed by atoms with Crippen molar-refractivity contribution in [3.63, 3.8) is 0 Å². The van der Waals surface area contributed by atoms with Crippen molar-refractivity contribution >= 4 is 34.9 Å². The highest BCUT2D eigenvalue weighted by Gasteiger charge is 2.65. The number of fused-ring (bicyclic) bond motifs is 4. The Morgan fingerprint density at radius 2 is 1.29 bits per heavy atom. The van der Waals surface area contributed by atoms with Crippen LogP contribution < -0.4 is 14.7 Å². The average molecular weight is 466 g/mol. The van der Waals surface area contributed by atoms with E-state index < -0.39 is 23.3 Å². The van der Waals surface area contributed by atoms with Gasteiger partial charge in [0.1, 0.15) is 0 Å². The zero-order chi connectivity index (χ0) is 24.2. The van der Waals surface area contributed by atoms with E-state index in [1.165, 1.54) is 9.80 Å². The minimum atomic E-state index is -1.40. The van der Waals surface area contributed by atoms with Crippen molar-refractivity contribution in [2.24, 2.45) is 11.3 Å². The smallest absolute Gasteiger partial charge is 0.342 e. The van der Waals surface area contributed by atoms with E-state index >= 15 is 0 Å². The average Bonchev–Trinajstić information content (AvgIpc) is 2.89. The summed E-state index contributed by atoms with van der Waals surface area (Å²) in [6.45, 7) is 2.95. The lowest BCUT2D eigenvalue weighted by molar-refractivity contribution is -0.143. The van der Waals surface area contributed by atoms with E-state index in [0.29, 0.717) is 23.7 Å². The van der Waals surface area contributed by atoms with Gasteiger partial charge in [-0.1, -0.05) is 61.5 Å². The number of imide groups is 2. The zero-order valence-electron chi connectivity index (χ0n) is 19.6. The van der Waals surface area contributed by atoms with Gasteiger partial charge in [-0.25, -0.2) is 14.6 Å². The fourth-order valence-corrected chi connectivity index (χ4v) is 6.07. The van der Waals surface area contributed by atoms with E-state index in [4.69, 9.17) is 0 Å². The van der Waals surface area contributed by atoms with E-state index in [0.717, 1.165) is 24.2 Å². The molecule has 3 heterocycles. The van der Waals surface area contributed by atoms with Gasteiger partial charge in [-0.05, 0) is 61.1 Å². The molecule has 3 aliphatic rings. The van der Waals surface area contributed by atoms with Crippen LogP contribution in [0.4, 0.5) is 21.9 Å². The SMILES string of the molecule is C[C@H]1CCN2c3ccccc3CC3(C(=O)N(c4ccccc4)C(=O)N(c4ccccc4)C3=O)[C@@H]2C1. The number of urea groups is 1. The van der Waals surface area contributed by atoms with Gasteiger partial charge in [0.2, 0.25) is 0 Å². The van der Waals surface area contributed by atoms with Crippen LogP contribution in [0.2, 0.25) is 0 Å². The summed E-state index contributed by atoms with van der Waals surface area (Å²) in [7, 11) is 0. The Balaban J connectivity index is 1.59. The van der Waals surface area contributed by atoms with Gasteiger partial charge in [0.15, 0.2) is 5.41 Å². The fourth-order valence-electron chi connectivity index (χ4n) is 6.07. The van der Waals surface area contributed by atoms with Crippen LogP contribution in [0.5, 0.6) is 0 Å². The van der Waals surface area contributed by atoms with Crippen molar-refractivity contribution < 1.29 is 14.4 Å². The van der Waals surface area contributed by atoms with Crippen molar-refractivity contribution in [1.82, 2.24) is 0 Å². The highest BCUT2D eigenvalue weighted by molar-refractivity contribution is 6.39. The molecular formula is C29H27N3O3. The molecule has 0 N–H and O–H groups in total. The quantitative estimate of drug-likeness (QED) is 0.498. The molecule has 0 aromatic heterocycles. The molecule has 35 heavy (non-hydrogen) atoms. The highest BCUT2D eigenvalue weighted by Crippen LogP contribution is 2.50. The maximum atomic E-state index is 14.5. The first-order valence-corrected chi connectivity index (χ1v) is 12.2. The van der Waals surface area contributed by atoms with Crippen LogP contribution in [0.1, 0.15) is 25.3 Å². The summed E-state index contributed by atoms with van der Waals surface area (Å²) in [6.07, 6.45) is 1.98. The van der Waals surface area contributed by atoms with E-state index in [-0.39, 0.29) is 12.5 Å². The van der Waals surface area contributed by atoms with Gasteiger partial charge in [-0.2, -0.15) is 0 Å². The number of para-hydroxylation sites is 3. The molecule has 6 heteroatoms. The first kappa shape index (κ1) is 21.6. The molecule has 3 aromatic rings. The van der Waals surface area contributed by atoms with Gasteiger partial charge in [-0.15, -0.1) is 0 Å². The van der Waals surface area contributed by atoms with Crippen LogP contribution >= 0.6 is 0 Å². The lowest BCUT2D eigenvalue weighted by Crippen LogP contribution is -2.74. The normalized spacial score (nSPS) is 23.3. The number of carbonyl (C=O) groups is 3. The Labute approximate surface area is 204 Å². The van der Waals surface area contributed by atoms with Crippen LogP contribution in [0.15, 0.2) is 84.9 Å². The summed E-state index contributed by atoms with van der Waals surface area (Å²) in [4.78, 5) is 47.5. The topological polar surface area (TPSA) is 60.9 Å². The van der Waals surface area contributed by atoms with Crippen LogP contribution in [0.25, 0.3) is 0 Å². The molecule has 2 saturated heterocycles. The number of piperidine rings is 1. The number of rotatable bonds is 2. The molecule has 176 valence electrons. The second kappa shape index (κ2) is 8.08. The van der Waals surface area contributed by atoms with Gasteiger partial charge in [0.25, 0.3) is 11.8 Å². The molecule has 0 aliphatic carbocycles. The Bertz CT molecular complexity index is 1250. The van der Waals surface area contributed by atoms with E-state index in [9.17, 15) is 14.4 Å². The second-order valence-corrected chi connectivity index (χ2v) is 9.85. The third-order valence-electron chi connectivity index (χ3n) is 7.78. The predicted molar refractivity (Wildman–Crippen MR) is 135 cm³/mol. The van der Waals surface area contributed by atoms with Crippen LogP contribution in [-0.2, 0) is 16.0 Å². The van der Waals surface area contributed by atoms with Crippen molar-refractivity contribution in [1.29, 1.82) is 0 Å². The van der Waals surface area contributed by atoms with E-state index in [1.807, 2.05) is 30.3 Å². The largest absolute Gasteiger partial charge is 0.367 e. The van der Waals surface area contributed by atoms with E-state index in [1.54, 1.807) is 48.5 Å². The number of nitrogens with zero attached hydrogens (tertiary/aromatic N) is 3. The molecule has 2 atom stereocenters. The van der Waals surface area contributed by atoms with Gasteiger partial charge < -0.3 is 4.90 Å². The molecule has 0 bridgehead atoms. The predicted octanol–water partition coefficient (Wildman–Crippen LogP) is 5.03. The number of hydrogen-bond donors (Lipinski definition) is 0. The number of carbonyl (C=O) groups excluding carboxylic acids is 3. The molecule has 6 nitrogen and oxygen atoms in total. The number of amides is 4. The number of benzene rings is 3. The summed E-state index contributed by atoms with van der Waals surface area (Å²) >= 11 is 0. The first-order valence-electron chi connectivity index (χ1n) is 12.2. The second-order valence-electron chi connectivity index (χ2n) is 9.85. The van der Waals surface area contributed by atoms with Gasteiger partial charge >= 0.3 is 6.03 Å². The minimum Gasteiger partial charge on any atom is -0.367 e. The minimum absolute atomic E-state index is 0.272. The summed E-state index contributed by atoms with van der Waals surface area (Å²) in [5.41, 5.74) is 1.61. The molecule has 2 fully saturated rings. The molecular weight excluding hydrogens is 438 g/mol. The van der Waals surface area contributed by atoms with Crippen molar-refractivity contribution in [3.8, 4) is 0 Å². The van der Waals surface area contributed by atoms with Gasteiger partial charge in [0.05, 0.1) is 17.4 Å². The summed E-state index contributed by atoms with van der Waals surface area (Å²) in [5, 5.41) is 0. The van der Waals surface area contributed by atoms with Crippen molar-refractivity contribution in [3.05, 3.63) is 90.5 Å². The lowest BCUT2D eigenvalue weighted by atomic mass is 9.64. The number of barbiturate groups is 1. The monoisotopic (exact) mass is 465 g/mol. The fraction of sp³-hybridized carbons (Fsp3) is 0.276. The summed E-state index contributed by atoms with van der Waals surface area (Å²) in [6, 6.07) is 25.0. The summed E-state index contributed by atoms with van der Waals surface area (Å²) in [5.74, 6) is -0.485. The maximum Gasteiger partial charge on any atom is 0.342 e. The van der Waals surface area contributed by atoms with Crippen molar-refractivity contribution in [2.45, 2.75) is 32.2 Å². The standard InChI is InChI=1S/C29H27N3O3/c1-20-16-17-30-24-15-9-8-10-21(24)19-29(25(30)18-20)26(33)31(22-11-4-2-5-12-22)28(35)32(27(29)34)23-13-6-3-7-14-23/h2-15,20,25H,16-19H2,1H3/t20-,25-/m0/s1. The van der Waals surface area contributed by atoms with Crippen LogP contribution in [0, 0.1) is 11.3 Å². The Morgan fingerprint density at radius 3 is 1.89 bits per heavy atom. The van der Waals surface area contributed by atoms with E-state index in [2.05, 4.69) is 17.9 Å². The first-order chi connectivity index (χ1) is 17.0.